The molecule has 0 aromatic carbocycles. The molecule has 160 valence electrons. The SMILES string of the molecule is NNC(=O)CCCCCCCCCCN1C(=O)C=CC1=O.O=C(O)C(F)(F)F. The number of rotatable bonds is 11. The number of alkyl halides is 3. The summed E-state index contributed by atoms with van der Waals surface area (Å²) < 4.78 is 31.7. The number of halogens is 3. The highest BCUT2D eigenvalue weighted by molar-refractivity contribution is 6.12. The molecule has 0 saturated heterocycles. The predicted octanol–water partition coefficient (Wildman–Crippen LogP) is 2.05. The maximum Gasteiger partial charge on any atom is 0.490 e. The van der Waals surface area contributed by atoms with Crippen molar-refractivity contribution in [3.8, 4) is 0 Å². The number of hydrogen-bond donors (Lipinski definition) is 3. The Morgan fingerprint density at radius 1 is 0.929 bits per heavy atom. The van der Waals surface area contributed by atoms with E-state index in [4.69, 9.17) is 15.7 Å². The summed E-state index contributed by atoms with van der Waals surface area (Å²) in [7, 11) is 0. The van der Waals surface area contributed by atoms with E-state index in [1.54, 1.807) is 0 Å². The average molecular weight is 409 g/mol. The largest absolute Gasteiger partial charge is 0.490 e. The van der Waals surface area contributed by atoms with E-state index in [0.29, 0.717) is 13.0 Å². The summed E-state index contributed by atoms with van der Waals surface area (Å²) in [6.45, 7) is 0.527. The van der Waals surface area contributed by atoms with Crippen LogP contribution in [0.1, 0.15) is 57.8 Å². The van der Waals surface area contributed by atoms with Crippen LogP contribution in [0.3, 0.4) is 0 Å². The van der Waals surface area contributed by atoms with E-state index in [0.717, 1.165) is 51.4 Å². The normalized spacial score (nSPS) is 13.4. The van der Waals surface area contributed by atoms with Gasteiger partial charge in [-0.05, 0) is 12.8 Å². The molecule has 1 heterocycles. The number of aliphatic carboxylic acids is 1. The van der Waals surface area contributed by atoms with Crippen LogP contribution in [-0.4, -0.2) is 46.4 Å². The fourth-order valence-electron chi connectivity index (χ4n) is 2.34. The third-order valence-corrected chi connectivity index (χ3v) is 3.84. The number of amides is 3. The maximum atomic E-state index is 11.3. The lowest BCUT2D eigenvalue weighted by Crippen LogP contribution is -2.30. The van der Waals surface area contributed by atoms with Crippen LogP contribution in [0.2, 0.25) is 0 Å². The molecule has 0 spiro atoms. The lowest BCUT2D eigenvalue weighted by atomic mass is 10.1. The number of hydrazine groups is 1. The lowest BCUT2D eigenvalue weighted by Gasteiger charge is -2.12. The van der Waals surface area contributed by atoms with Crippen molar-refractivity contribution in [3.63, 3.8) is 0 Å². The Labute approximate surface area is 160 Å². The zero-order valence-electron chi connectivity index (χ0n) is 15.5. The van der Waals surface area contributed by atoms with Crippen LogP contribution in [0, 0.1) is 0 Å². The highest BCUT2D eigenvalue weighted by Gasteiger charge is 2.38. The molecule has 0 radical (unpaired) electrons. The van der Waals surface area contributed by atoms with Gasteiger partial charge in [-0.1, -0.05) is 38.5 Å². The number of nitrogens with two attached hydrogens (primary N) is 1. The minimum Gasteiger partial charge on any atom is -0.475 e. The third-order valence-electron chi connectivity index (χ3n) is 3.84. The van der Waals surface area contributed by atoms with Crippen molar-refractivity contribution >= 4 is 23.7 Å². The van der Waals surface area contributed by atoms with Crippen molar-refractivity contribution in [3.05, 3.63) is 12.2 Å². The Balaban J connectivity index is 0.000000887. The Hall–Kier alpha value is -2.43. The molecule has 0 unspecified atom stereocenters. The van der Waals surface area contributed by atoms with E-state index in [1.807, 2.05) is 0 Å². The zero-order chi connectivity index (χ0) is 21.6. The standard InChI is InChI=1S/C15H25N3O3.C2HF3O2/c16-17-13(19)9-7-5-3-1-2-4-6-8-12-18-14(20)10-11-15(18)21;3-2(4,5)1(6)7/h10-11H,1-9,12,16H2,(H,17,19);(H,6,7). The molecule has 0 fully saturated rings. The molecule has 28 heavy (non-hydrogen) atoms. The summed E-state index contributed by atoms with van der Waals surface area (Å²) in [5, 5.41) is 7.12. The number of imide groups is 1. The number of nitrogens with zero attached hydrogens (tertiary/aromatic N) is 1. The molecule has 0 atom stereocenters. The highest BCUT2D eigenvalue weighted by atomic mass is 19.4. The first-order valence-electron chi connectivity index (χ1n) is 8.92. The number of carbonyl (C=O) groups is 4. The van der Waals surface area contributed by atoms with E-state index in [2.05, 4.69) is 5.43 Å². The monoisotopic (exact) mass is 409 g/mol. The first-order chi connectivity index (χ1) is 13.1. The number of nitrogens with one attached hydrogen (secondary N) is 1. The van der Waals surface area contributed by atoms with Crippen LogP contribution >= 0.6 is 0 Å². The van der Waals surface area contributed by atoms with Gasteiger partial charge in [-0.2, -0.15) is 13.2 Å². The Morgan fingerprint density at radius 2 is 1.32 bits per heavy atom. The molecular formula is C17H26F3N3O5. The minimum atomic E-state index is -5.08. The van der Waals surface area contributed by atoms with Crippen molar-refractivity contribution in [1.29, 1.82) is 0 Å². The number of carbonyl (C=O) groups excluding carboxylic acids is 3. The molecule has 4 N–H and O–H groups in total. The second kappa shape index (κ2) is 13.7. The Kier molecular flexibility index (Phi) is 12.5. The first-order valence-corrected chi connectivity index (χ1v) is 8.92. The minimum absolute atomic E-state index is 0.101. The quantitative estimate of drug-likeness (QED) is 0.157. The van der Waals surface area contributed by atoms with E-state index in [1.165, 1.54) is 17.1 Å². The van der Waals surface area contributed by atoms with Gasteiger partial charge < -0.3 is 5.11 Å². The molecule has 1 aliphatic rings. The molecule has 0 aliphatic carbocycles. The molecule has 0 aromatic heterocycles. The number of hydrogen-bond acceptors (Lipinski definition) is 5. The summed E-state index contributed by atoms with van der Waals surface area (Å²) >= 11 is 0. The van der Waals surface area contributed by atoms with Gasteiger partial charge in [0.1, 0.15) is 0 Å². The Morgan fingerprint density at radius 3 is 1.71 bits per heavy atom. The van der Waals surface area contributed by atoms with Crippen molar-refractivity contribution in [2.45, 2.75) is 64.0 Å². The van der Waals surface area contributed by atoms with Gasteiger partial charge in [0.25, 0.3) is 11.8 Å². The fraction of sp³-hybridized carbons (Fsp3) is 0.647. The van der Waals surface area contributed by atoms with Gasteiger partial charge in [-0.3, -0.25) is 24.7 Å². The maximum absolute atomic E-state index is 11.3. The molecule has 1 aliphatic heterocycles. The molecular weight excluding hydrogens is 383 g/mol. The van der Waals surface area contributed by atoms with Crippen molar-refractivity contribution in [2.24, 2.45) is 5.84 Å². The summed E-state index contributed by atoms with van der Waals surface area (Å²) in [4.78, 5) is 43.7. The van der Waals surface area contributed by atoms with Gasteiger partial charge in [0.15, 0.2) is 0 Å². The van der Waals surface area contributed by atoms with Crippen LogP contribution in [0.15, 0.2) is 12.2 Å². The zero-order valence-corrected chi connectivity index (χ0v) is 15.5. The van der Waals surface area contributed by atoms with Gasteiger partial charge in [0.05, 0.1) is 0 Å². The van der Waals surface area contributed by atoms with Crippen LogP contribution in [0.25, 0.3) is 0 Å². The predicted molar refractivity (Wildman–Crippen MR) is 93.4 cm³/mol. The second-order valence-corrected chi connectivity index (χ2v) is 6.11. The van der Waals surface area contributed by atoms with Crippen LogP contribution in [0.4, 0.5) is 13.2 Å². The van der Waals surface area contributed by atoms with Gasteiger partial charge in [0, 0.05) is 25.1 Å². The molecule has 1 rings (SSSR count). The van der Waals surface area contributed by atoms with Crippen molar-refractivity contribution < 1.29 is 37.5 Å². The highest BCUT2D eigenvalue weighted by Crippen LogP contribution is 2.13. The first kappa shape index (κ1) is 25.6. The van der Waals surface area contributed by atoms with Crippen LogP contribution < -0.4 is 11.3 Å². The van der Waals surface area contributed by atoms with E-state index < -0.39 is 12.1 Å². The average Bonchev–Trinajstić information content (AvgIpc) is 2.94. The topological polar surface area (TPSA) is 130 Å². The van der Waals surface area contributed by atoms with E-state index >= 15 is 0 Å². The summed E-state index contributed by atoms with van der Waals surface area (Å²) in [6, 6.07) is 0. The lowest BCUT2D eigenvalue weighted by molar-refractivity contribution is -0.192. The van der Waals surface area contributed by atoms with Gasteiger partial charge >= 0.3 is 12.1 Å². The number of carboxylic acid groups (broad SMARTS) is 1. The van der Waals surface area contributed by atoms with E-state index in [9.17, 15) is 27.6 Å². The number of unbranched alkanes of at least 4 members (excludes halogenated alkanes) is 7. The van der Waals surface area contributed by atoms with Crippen molar-refractivity contribution in [2.75, 3.05) is 6.54 Å². The molecule has 11 heteroatoms. The summed E-state index contributed by atoms with van der Waals surface area (Å²) in [5.74, 6) is 1.75. The summed E-state index contributed by atoms with van der Waals surface area (Å²) in [6.07, 6.45) is 6.48. The van der Waals surface area contributed by atoms with Crippen LogP contribution in [-0.2, 0) is 19.2 Å². The molecule has 3 amide bonds. The fourth-order valence-corrected chi connectivity index (χ4v) is 2.34. The summed E-state index contributed by atoms with van der Waals surface area (Å²) in [5.41, 5.74) is 2.12. The van der Waals surface area contributed by atoms with Crippen molar-refractivity contribution in [1.82, 2.24) is 10.3 Å². The van der Waals surface area contributed by atoms with Gasteiger partial charge in [0.2, 0.25) is 5.91 Å². The molecule has 0 saturated carbocycles. The smallest absolute Gasteiger partial charge is 0.475 e. The van der Waals surface area contributed by atoms with Gasteiger partial charge in [-0.25, -0.2) is 10.6 Å². The van der Waals surface area contributed by atoms with E-state index in [-0.39, 0.29) is 17.7 Å². The molecule has 8 nitrogen and oxygen atoms in total. The van der Waals surface area contributed by atoms with Gasteiger partial charge in [-0.15, -0.1) is 0 Å². The second-order valence-electron chi connectivity index (χ2n) is 6.11. The third kappa shape index (κ3) is 12.0. The molecule has 0 aromatic rings. The molecule has 0 bridgehead atoms. The number of carboxylic acids is 1. The van der Waals surface area contributed by atoms with Crippen LogP contribution in [0.5, 0.6) is 0 Å². The Bertz CT molecular complexity index is 547.